The van der Waals surface area contributed by atoms with E-state index < -0.39 is 0 Å². The maximum absolute atomic E-state index is 12.2. The Balaban J connectivity index is 1.94. The molecule has 0 aromatic carbocycles. The molecule has 0 aliphatic heterocycles. The summed E-state index contributed by atoms with van der Waals surface area (Å²) in [5.74, 6) is -0.309. The fourth-order valence-electron chi connectivity index (χ4n) is 1.69. The van der Waals surface area contributed by atoms with Gasteiger partial charge in [-0.2, -0.15) is 5.10 Å². The first kappa shape index (κ1) is 13.2. The molecule has 0 saturated heterocycles. The fraction of sp³-hybridized carbons (Fsp3) is 0.167. The van der Waals surface area contributed by atoms with E-state index in [-0.39, 0.29) is 11.6 Å². The van der Waals surface area contributed by atoms with E-state index >= 15 is 0 Å². The van der Waals surface area contributed by atoms with Gasteiger partial charge in [0.1, 0.15) is 0 Å². The fourth-order valence-corrected chi connectivity index (χ4v) is 3.04. The van der Waals surface area contributed by atoms with Gasteiger partial charge in [-0.05, 0) is 35.8 Å². The maximum atomic E-state index is 12.2. The van der Waals surface area contributed by atoms with Crippen molar-refractivity contribution >= 4 is 44.0 Å². The van der Waals surface area contributed by atoms with Crippen molar-refractivity contribution < 1.29 is 4.79 Å². The van der Waals surface area contributed by atoms with Gasteiger partial charge >= 0.3 is 0 Å². The number of halogens is 1. The molecule has 0 spiro atoms. The third-order valence-corrected chi connectivity index (χ3v) is 4.52. The van der Waals surface area contributed by atoms with Crippen molar-refractivity contribution in [2.75, 3.05) is 5.32 Å². The van der Waals surface area contributed by atoms with E-state index in [0.717, 1.165) is 10.6 Å². The van der Waals surface area contributed by atoms with Crippen molar-refractivity contribution in [3.63, 3.8) is 0 Å². The van der Waals surface area contributed by atoms with Crippen LogP contribution in [0.2, 0.25) is 0 Å². The minimum atomic E-state index is -0.309. The molecular weight excluding hydrogens is 342 g/mol. The smallest absolute Gasteiger partial charge is 0.279 e. The van der Waals surface area contributed by atoms with Crippen LogP contribution in [0.5, 0.6) is 0 Å². The molecule has 0 saturated carbocycles. The molecule has 3 aromatic heterocycles. The topological polar surface area (TPSA) is 72.2 Å². The van der Waals surface area contributed by atoms with Crippen LogP contribution >= 0.6 is 27.3 Å². The number of carbonyl (C=O) groups is 1. The summed E-state index contributed by atoms with van der Waals surface area (Å²) in [6, 6.07) is 1.75. The zero-order valence-electron chi connectivity index (χ0n) is 10.7. The van der Waals surface area contributed by atoms with Gasteiger partial charge in [0.25, 0.3) is 5.91 Å². The average Bonchev–Trinajstić information content (AvgIpc) is 2.91. The third kappa shape index (κ3) is 2.20. The van der Waals surface area contributed by atoms with Gasteiger partial charge in [-0.1, -0.05) is 0 Å². The highest BCUT2D eigenvalue weighted by Crippen LogP contribution is 2.24. The molecule has 0 bridgehead atoms. The Morgan fingerprint density at radius 1 is 1.45 bits per heavy atom. The molecule has 3 aromatic rings. The second kappa shape index (κ2) is 4.95. The molecule has 1 amide bonds. The lowest BCUT2D eigenvalue weighted by atomic mass is 10.4. The lowest BCUT2D eigenvalue weighted by molar-refractivity contribution is 0.102. The summed E-state index contributed by atoms with van der Waals surface area (Å²) in [4.78, 5) is 21.8. The zero-order valence-corrected chi connectivity index (χ0v) is 13.1. The first-order chi connectivity index (χ1) is 9.56. The number of nitrogens with zero attached hydrogens (tertiary/aromatic N) is 4. The van der Waals surface area contributed by atoms with Gasteiger partial charge in [-0.3, -0.25) is 10.1 Å². The third-order valence-electron chi connectivity index (χ3n) is 2.80. The summed E-state index contributed by atoms with van der Waals surface area (Å²) in [6.45, 7) is 3.87. The van der Waals surface area contributed by atoms with Gasteiger partial charge in [-0.15, -0.1) is 11.3 Å². The minimum Gasteiger partial charge on any atom is -0.296 e. The quantitative estimate of drug-likeness (QED) is 0.770. The number of hydrogen-bond donors (Lipinski definition) is 1. The molecule has 3 rings (SSSR count). The second-order valence-electron chi connectivity index (χ2n) is 4.17. The van der Waals surface area contributed by atoms with Crippen molar-refractivity contribution in [3.8, 4) is 0 Å². The highest BCUT2D eigenvalue weighted by Gasteiger charge is 2.19. The Bertz CT molecular complexity index is 790. The van der Waals surface area contributed by atoms with Gasteiger partial charge in [0.2, 0.25) is 0 Å². The molecule has 20 heavy (non-hydrogen) atoms. The molecule has 0 atom stereocenters. The van der Waals surface area contributed by atoms with Crippen molar-refractivity contribution in [3.05, 3.63) is 39.2 Å². The monoisotopic (exact) mass is 351 g/mol. The van der Waals surface area contributed by atoms with Gasteiger partial charge in [-0.25, -0.2) is 14.5 Å². The Morgan fingerprint density at radius 2 is 2.25 bits per heavy atom. The summed E-state index contributed by atoms with van der Waals surface area (Å²) in [5, 5.41) is 7.54. The number of hydrogen-bond acceptors (Lipinski definition) is 5. The lowest BCUT2D eigenvalue weighted by Gasteiger charge is -1.97. The number of carbonyl (C=O) groups excluding carboxylic acids is 1. The predicted octanol–water partition coefficient (Wildman–Crippen LogP) is 2.82. The summed E-state index contributed by atoms with van der Waals surface area (Å²) in [5.41, 5.74) is 1.80. The van der Waals surface area contributed by atoms with Crippen LogP contribution < -0.4 is 5.32 Å². The van der Waals surface area contributed by atoms with Crippen LogP contribution in [0.15, 0.2) is 22.9 Å². The number of aromatic nitrogens is 4. The highest BCUT2D eigenvalue weighted by molar-refractivity contribution is 9.10. The predicted molar refractivity (Wildman–Crippen MR) is 80.2 cm³/mol. The molecule has 6 nitrogen and oxygen atoms in total. The molecule has 102 valence electrons. The molecule has 0 aliphatic carbocycles. The number of nitrogens with one attached hydrogen (secondary N) is 1. The van der Waals surface area contributed by atoms with E-state index in [4.69, 9.17) is 0 Å². The molecule has 0 aliphatic rings. The molecule has 3 heterocycles. The summed E-state index contributed by atoms with van der Waals surface area (Å²) >= 11 is 4.80. The van der Waals surface area contributed by atoms with E-state index in [1.807, 2.05) is 13.8 Å². The number of amides is 1. The largest absolute Gasteiger partial charge is 0.296 e. The first-order valence-electron chi connectivity index (χ1n) is 5.80. The minimum absolute atomic E-state index is 0.286. The number of thiazole rings is 1. The van der Waals surface area contributed by atoms with Gasteiger partial charge in [0.15, 0.2) is 16.5 Å². The van der Waals surface area contributed by atoms with E-state index in [2.05, 4.69) is 36.3 Å². The van der Waals surface area contributed by atoms with Crippen LogP contribution in [-0.4, -0.2) is 25.5 Å². The van der Waals surface area contributed by atoms with Crippen molar-refractivity contribution in [1.29, 1.82) is 0 Å². The number of rotatable bonds is 2. The Morgan fingerprint density at radius 3 is 2.90 bits per heavy atom. The van der Waals surface area contributed by atoms with Crippen LogP contribution in [0.4, 0.5) is 5.13 Å². The van der Waals surface area contributed by atoms with Crippen molar-refractivity contribution in [2.24, 2.45) is 0 Å². The van der Waals surface area contributed by atoms with Crippen molar-refractivity contribution in [1.82, 2.24) is 19.6 Å². The Kier molecular flexibility index (Phi) is 3.27. The maximum Gasteiger partial charge on any atom is 0.279 e. The summed E-state index contributed by atoms with van der Waals surface area (Å²) in [6.07, 6.45) is 3.39. The second-order valence-corrected chi connectivity index (χ2v) is 6.16. The van der Waals surface area contributed by atoms with E-state index in [1.165, 1.54) is 11.3 Å². The Hall–Kier alpha value is -1.80. The van der Waals surface area contributed by atoms with Gasteiger partial charge in [0.05, 0.1) is 10.2 Å². The molecule has 0 unspecified atom stereocenters. The lowest BCUT2D eigenvalue weighted by Crippen LogP contribution is -2.13. The van der Waals surface area contributed by atoms with E-state index in [1.54, 1.807) is 23.0 Å². The van der Waals surface area contributed by atoms with E-state index in [0.29, 0.717) is 15.3 Å². The molecule has 0 radical (unpaired) electrons. The highest BCUT2D eigenvalue weighted by atomic mass is 79.9. The average molecular weight is 352 g/mol. The van der Waals surface area contributed by atoms with Gasteiger partial charge in [0, 0.05) is 17.3 Å². The van der Waals surface area contributed by atoms with Crippen LogP contribution in [-0.2, 0) is 0 Å². The zero-order chi connectivity index (χ0) is 14.3. The van der Waals surface area contributed by atoms with Crippen LogP contribution in [0, 0.1) is 13.8 Å². The first-order valence-corrected chi connectivity index (χ1v) is 7.41. The van der Waals surface area contributed by atoms with Crippen LogP contribution in [0.25, 0.3) is 5.65 Å². The standard InChI is InChI=1S/C12H10BrN5OS/c1-6-7(2)20-12(15-6)16-11(19)9-8(13)10-14-4-3-5-18(10)17-9/h3-5H,1-2H3,(H,15,16,19). The molecule has 0 fully saturated rings. The van der Waals surface area contributed by atoms with Crippen LogP contribution in [0.1, 0.15) is 21.1 Å². The number of anilines is 1. The van der Waals surface area contributed by atoms with Gasteiger partial charge < -0.3 is 0 Å². The molecule has 8 heteroatoms. The number of fused-ring (bicyclic) bond motifs is 1. The normalized spacial score (nSPS) is 10.9. The van der Waals surface area contributed by atoms with Crippen LogP contribution in [0.3, 0.4) is 0 Å². The molecular formula is C12H10BrN5OS. The van der Waals surface area contributed by atoms with Crippen molar-refractivity contribution in [2.45, 2.75) is 13.8 Å². The SMILES string of the molecule is Cc1nc(NC(=O)c2nn3cccnc3c2Br)sc1C. The van der Waals surface area contributed by atoms with E-state index in [9.17, 15) is 4.79 Å². The summed E-state index contributed by atoms with van der Waals surface area (Å²) < 4.78 is 2.12. The Labute approximate surface area is 127 Å². The number of aryl methyl sites for hydroxylation is 2. The molecule has 1 N–H and O–H groups in total. The summed E-state index contributed by atoms with van der Waals surface area (Å²) in [7, 11) is 0.